The number of alkyl halides is 1. The van der Waals surface area contributed by atoms with E-state index in [2.05, 4.69) is 50.0 Å². The lowest BCUT2D eigenvalue weighted by Gasteiger charge is -2.47. The third kappa shape index (κ3) is 1.35. The SMILES string of the molecule is CC1(C)C(Br)CSC2=C3NCN=C3N=CN21. The van der Waals surface area contributed by atoms with E-state index in [-0.39, 0.29) is 5.54 Å². The summed E-state index contributed by atoms with van der Waals surface area (Å²) < 4.78 is 0. The average Bonchev–Trinajstić information content (AvgIpc) is 2.71. The van der Waals surface area contributed by atoms with Gasteiger partial charge in [0, 0.05) is 10.6 Å². The molecule has 0 amide bonds. The summed E-state index contributed by atoms with van der Waals surface area (Å²) in [5, 5.41) is 4.55. The Labute approximate surface area is 107 Å². The predicted octanol–water partition coefficient (Wildman–Crippen LogP) is 1.75. The van der Waals surface area contributed by atoms with Gasteiger partial charge in [-0.15, -0.1) is 11.8 Å². The quantitative estimate of drug-likeness (QED) is 0.693. The van der Waals surface area contributed by atoms with Gasteiger partial charge in [0.05, 0.1) is 11.9 Å². The maximum atomic E-state index is 4.40. The molecule has 0 spiro atoms. The van der Waals surface area contributed by atoms with Crippen LogP contribution in [0.2, 0.25) is 0 Å². The number of nitrogens with one attached hydrogen (secondary N) is 1. The van der Waals surface area contributed by atoms with Crippen molar-refractivity contribution in [1.29, 1.82) is 0 Å². The molecule has 16 heavy (non-hydrogen) atoms. The van der Waals surface area contributed by atoms with Gasteiger partial charge in [0.2, 0.25) is 0 Å². The van der Waals surface area contributed by atoms with E-state index in [4.69, 9.17) is 0 Å². The molecule has 1 atom stereocenters. The Hall–Kier alpha value is -0.490. The van der Waals surface area contributed by atoms with Crippen molar-refractivity contribution in [2.45, 2.75) is 24.2 Å². The summed E-state index contributed by atoms with van der Waals surface area (Å²) in [5.74, 6) is 1.92. The molecule has 0 aromatic carbocycles. The number of amidine groups is 1. The predicted molar refractivity (Wildman–Crippen MR) is 72.0 cm³/mol. The van der Waals surface area contributed by atoms with E-state index in [0.717, 1.165) is 17.3 Å². The molecule has 1 unspecified atom stereocenters. The maximum Gasteiger partial charge on any atom is 0.177 e. The summed E-state index contributed by atoms with van der Waals surface area (Å²) in [4.78, 5) is 11.4. The van der Waals surface area contributed by atoms with Gasteiger partial charge in [-0.1, -0.05) is 15.9 Å². The lowest BCUT2D eigenvalue weighted by atomic mass is 9.99. The zero-order valence-electron chi connectivity index (χ0n) is 9.20. The van der Waals surface area contributed by atoms with Crippen molar-refractivity contribution in [3.05, 3.63) is 10.7 Å². The summed E-state index contributed by atoms with van der Waals surface area (Å²) in [6.45, 7) is 5.11. The topological polar surface area (TPSA) is 40.0 Å². The van der Waals surface area contributed by atoms with E-state index >= 15 is 0 Å². The van der Waals surface area contributed by atoms with Gasteiger partial charge in [-0.25, -0.2) is 9.98 Å². The van der Waals surface area contributed by atoms with Crippen LogP contribution in [0.25, 0.3) is 0 Å². The Balaban J connectivity index is 2.06. The molecule has 0 aliphatic carbocycles. The van der Waals surface area contributed by atoms with Crippen molar-refractivity contribution < 1.29 is 0 Å². The second-order valence-corrected chi connectivity index (χ2v) is 6.66. The first-order valence-corrected chi connectivity index (χ1v) is 7.14. The van der Waals surface area contributed by atoms with Crippen LogP contribution in [0.1, 0.15) is 13.8 Å². The molecule has 3 aliphatic heterocycles. The highest BCUT2D eigenvalue weighted by molar-refractivity contribution is 9.09. The highest BCUT2D eigenvalue weighted by Gasteiger charge is 2.42. The number of nitrogens with zero attached hydrogens (tertiary/aromatic N) is 3. The van der Waals surface area contributed by atoms with Crippen LogP contribution in [-0.2, 0) is 0 Å². The van der Waals surface area contributed by atoms with Gasteiger partial charge >= 0.3 is 0 Å². The average molecular weight is 301 g/mol. The Morgan fingerprint density at radius 2 is 2.44 bits per heavy atom. The van der Waals surface area contributed by atoms with E-state index in [9.17, 15) is 0 Å². The van der Waals surface area contributed by atoms with Crippen LogP contribution < -0.4 is 5.32 Å². The Bertz CT molecular complexity index is 427. The fraction of sp³-hybridized carbons (Fsp3) is 0.600. The zero-order chi connectivity index (χ0) is 11.3. The molecule has 0 aromatic heterocycles. The Kier molecular flexibility index (Phi) is 2.33. The molecule has 4 nitrogen and oxygen atoms in total. The summed E-state index contributed by atoms with van der Waals surface area (Å²) >= 11 is 5.61. The van der Waals surface area contributed by atoms with Gasteiger partial charge in [0.1, 0.15) is 17.4 Å². The molecule has 0 aromatic rings. The van der Waals surface area contributed by atoms with Crippen LogP contribution in [0.5, 0.6) is 0 Å². The van der Waals surface area contributed by atoms with Crippen LogP contribution in [0.4, 0.5) is 0 Å². The summed E-state index contributed by atoms with van der Waals surface area (Å²) in [6.07, 6.45) is 1.91. The molecule has 0 radical (unpaired) electrons. The molecular weight excluding hydrogens is 288 g/mol. The lowest BCUT2D eigenvalue weighted by molar-refractivity contribution is 0.277. The number of thioether (sulfide) groups is 1. The van der Waals surface area contributed by atoms with E-state index in [0.29, 0.717) is 11.5 Å². The maximum absolute atomic E-state index is 4.40. The molecule has 86 valence electrons. The zero-order valence-corrected chi connectivity index (χ0v) is 11.6. The first kappa shape index (κ1) is 10.7. The van der Waals surface area contributed by atoms with Crippen molar-refractivity contribution in [3.63, 3.8) is 0 Å². The summed E-state index contributed by atoms with van der Waals surface area (Å²) in [5.41, 5.74) is 1.15. The van der Waals surface area contributed by atoms with Crippen LogP contribution in [0.15, 0.2) is 20.7 Å². The van der Waals surface area contributed by atoms with Crippen molar-refractivity contribution >= 4 is 39.9 Å². The summed E-state index contributed by atoms with van der Waals surface area (Å²) in [6, 6.07) is 0. The molecule has 0 bridgehead atoms. The minimum absolute atomic E-state index is 0.0485. The summed E-state index contributed by atoms with van der Waals surface area (Å²) in [7, 11) is 0. The smallest absolute Gasteiger partial charge is 0.177 e. The van der Waals surface area contributed by atoms with Crippen molar-refractivity contribution in [2.24, 2.45) is 9.98 Å². The number of hydrogen-bond donors (Lipinski definition) is 1. The molecular formula is C10H13BrN4S. The third-order valence-corrected chi connectivity index (χ3v) is 6.24. The normalized spacial score (nSPS) is 30.8. The molecule has 6 heteroatoms. The first-order chi connectivity index (χ1) is 7.60. The van der Waals surface area contributed by atoms with Crippen LogP contribution in [0.3, 0.4) is 0 Å². The first-order valence-electron chi connectivity index (χ1n) is 5.24. The third-order valence-electron chi connectivity index (χ3n) is 3.19. The van der Waals surface area contributed by atoms with Gasteiger partial charge in [-0.3, -0.25) is 0 Å². The molecule has 3 aliphatic rings. The van der Waals surface area contributed by atoms with Crippen molar-refractivity contribution in [2.75, 3.05) is 12.4 Å². The molecule has 1 fully saturated rings. The van der Waals surface area contributed by atoms with Gasteiger partial charge < -0.3 is 10.2 Å². The molecule has 3 heterocycles. The van der Waals surface area contributed by atoms with Gasteiger partial charge in [0.15, 0.2) is 5.84 Å². The number of aliphatic imine (C=N–C) groups is 2. The lowest BCUT2D eigenvalue weighted by Crippen LogP contribution is -2.54. The molecule has 1 N–H and O–H groups in total. The van der Waals surface area contributed by atoms with Crippen LogP contribution >= 0.6 is 27.7 Å². The van der Waals surface area contributed by atoms with Gasteiger partial charge in [0.25, 0.3) is 0 Å². The van der Waals surface area contributed by atoms with E-state index < -0.39 is 0 Å². The number of rotatable bonds is 0. The Morgan fingerprint density at radius 3 is 3.25 bits per heavy atom. The fourth-order valence-electron chi connectivity index (χ4n) is 1.97. The molecule has 3 rings (SSSR count). The minimum Gasteiger partial charge on any atom is -0.361 e. The largest absolute Gasteiger partial charge is 0.361 e. The number of hydrogen-bond acceptors (Lipinski definition) is 5. The highest BCUT2D eigenvalue weighted by Crippen LogP contribution is 2.42. The highest BCUT2D eigenvalue weighted by atomic mass is 79.9. The van der Waals surface area contributed by atoms with Gasteiger partial charge in [-0.2, -0.15) is 0 Å². The Morgan fingerprint density at radius 1 is 1.62 bits per heavy atom. The van der Waals surface area contributed by atoms with Crippen molar-refractivity contribution in [1.82, 2.24) is 10.2 Å². The van der Waals surface area contributed by atoms with Crippen molar-refractivity contribution in [3.8, 4) is 0 Å². The number of halogens is 1. The fourth-order valence-corrected chi connectivity index (χ4v) is 4.03. The molecule has 0 saturated carbocycles. The molecule has 1 saturated heterocycles. The standard InChI is InChI=1S/C10H13BrN4S/c1-10(2)6(11)3-16-9-7-8(13-4-12-7)14-5-15(9)10/h5-6,12H,3-4H2,1-2H3. The monoisotopic (exact) mass is 300 g/mol. The van der Waals surface area contributed by atoms with E-state index in [1.165, 1.54) is 5.03 Å². The second kappa shape index (κ2) is 3.50. The van der Waals surface area contributed by atoms with Crippen LogP contribution in [0, 0.1) is 0 Å². The van der Waals surface area contributed by atoms with Gasteiger partial charge in [-0.05, 0) is 13.8 Å². The second-order valence-electron chi connectivity index (χ2n) is 4.54. The van der Waals surface area contributed by atoms with E-state index in [1.807, 2.05) is 18.1 Å². The minimum atomic E-state index is 0.0485. The number of fused-ring (bicyclic) bond motifs is 2. The van der Waals surface area contributed by atoms with Crippen LogP contribution in [-0.4, -0.2) is 39.9 Å². The van der Waals surface area contributed by atoms with E-state index in [1.54, 1.807) is 0 Å².